The lowest BCUT2D eigenvalue weighted by Crippen LogP contribution is -1.99. The molecule has 8 aromatic carbocycles. The number of fused-ring (bicyclic) bond motifs is 4. The third-order valence-electron chi connectivity index (χ3n) is 18.9. The van der Waals surface area contributed by atoms with E-state index in [0.29, 0.717) is 68.8 Å². The molecule has 20 aromatic rings. The Morgan fingerprint density at radius 1 is 0.319 bits per heavy atom. The molecule has 0 radical (unpaired) electrons. The van der Waals surface area contributed by atoms with Crippen LogP contribution in [-0.2, 0) is 0 Å². The number of rotatable bonds is 20. The van der Waals surface area contributed by atoms with E-state index in [4.69, 9.17) is 27.8 Å². The maximum absolute atomic E-state index is 5.58. The standard InChI is InChI=1S/C22H18N6O.2C22H17N5O2.C22H17N5OS/c1-29-18-10-9-15(14-6-3-2-4-7-14)12-17(18)26-21-19-20(16-8-5-11-23-16)27-28-22(19)25-13-24-21;1-28-17-10-9-15(14-6-3-2-4-7-14)12-16(17)25-21-19-20(18-8-5-11-29-18)26-27-22(19)24-13-23-21;1-28-18-8-7-15(14-5-3-2-4-6-14)11-17(18)25-21-19-20(16-9-10-29-12-16)26-27-22(19)24-13-23-21;1-28-17-10-9-15(14-6-3-2-4-7-14)12-16(17)25-21-19-20(18-8-5-11-29-18)26-27-22(19)24-13-23-21/h2-13,23H,1H3,(H2,24,25,26,27,28);3*2-13H,1H3,(H2,23,24,25,26,27). The smallest absolute Gasteiger partial charge is 0.186 e. The topological polar surface area (TPSA) is 345 Å². The number of benzene rings is 8. The first kappa shape index (κ1) is 72.7. The molecule has 9 N–H and O–H groups in total. The van der Waals surface area contributed by atoms with Gasteiger partial charge in [0, 0.05) is 11.8 Å². The van der Waals surface area contributed by atoms with E-state index in [-0.39, 0.29) is 0 Å². The van der Waals surface area contributed by atoms with Gasteiger partial charge in [-0.2, -0.15) is 20.4 Å². The lowest BCUT2D eigenvalue weighted by Gasteiger charge is -2.13. The Bertz CT molecular complexity index is 5860. The molecule has 27 nitrogen and oxygen atoms in total. The Balaban J connectivity index is 0.000000111. The summed E-state index contributed by atoms with van der Waals surface area (Å²) in [5.41, 5.74) is 19.4. The zero-order valence-electron chi connectivity index (χ0n) is 62.4. The highest BCUT2D eigenvalue weighted by Crippen LogP contribution is 2.43. The van der Waals surface area contributed by atoms with E-state index in [2.05, 4.69) is 168 Å². The van der Waals surface area contributed by atoms with Gasteiger partial charge in [-0.15, -0.1) is 11.3 Å². The van der Waals surface area contributed by atoms with E-state index >= 15 is 0 Å². The SMILES string of the molecule is COc1ccc(-c2ccccc2)cc1Nc1ncnc2n[nH]c(-c3ccc[nH]3)c12.COc1ccc(-c2ccccc2)cc1Nc1ncnc2n[nH]c(-c3ccco3)c12.COc1ccc(-c2ccccc2)cc1Nc1ncnc2n[nH]c(-c3cccs3)c12.COc1ccc(-c2ccccc2)cc1Nc1ncnc2n[nH]c(-c3ccoc3)c12. The highest BCUT2D eigenvalue weighted by Gasteiger charge is 2.23. The van der Waals surface area contributed by atoms with Crippen molar-refractivity contribution in [3.05, 3.63) is 292 Å². The summed E-state index contributed by atoms with van der Waals surface area (Å²) in [4.78, 5) is 39.2. The van der Waals surface area contributed by atoms with Gasteiger partial charge in [-0.05, 0) is 135 Å². The first-order chi connectivity index (χ1) is 57.3. The number of furan rings is 2. The minimum absolute atomic E-state index is 0.548. The van der Waals surface area contributed by atoms with Crippen molar-refractivity contribution in [1.82, 2.24) is 85.6 Å². The molecule has 0 aliphatic carbocycles. The molecule has 0 atom stereocenters. The number of nitrogens with zero attached hydrogens (tertiary/aromatic N) is 12. The molecule has 0 fully saturated rings. The average molecular weight is 1550 g/mol. The molecule has 0 bridgehead atoms. The second kappa shape index (κ2) is 33.6. The Hall–Kier alpha value is -16.1. The molecule has 0 aliphatic heterocycles. The zero-order valence-corrected chi connectivity index (χ0v) is 63.3. The molecule has 12 aromatic heterocycles. The van der Waals surface area contributed by atoms with Gasteiger partial charge in [0.2, 0.25) is 0 Å². The fraction of sp³-hybridized carbons (Fsp3) is 0.0455. The van der Waals surface area contributed by atoms with Crippen LogP contribution in [0.25, 0.3) is 133 Å². The summed E-state index contributed by atoms with van der Waals surface area (Å²) in [5, 5.41) is 48.2. The van der Waals surface area contributed by atoms with Crippen LogP contribution in [-0.4, -0.2) is 114 Å². The van der Waals surface area contributed by atoms with Gasteiger partial charge in [-0.3, -0.25) is 20.4 Å². The number of hydrogen-bond donors (Lipinski definition) is 9. The highest BCUT2D eigenvalue weighted by molar-refractivity contribution is 7.13. The maximum Gasteiger partial charge on any atom is 0.186 e. The van der Waals surface area contributed by atoms with E-state index in [1.807, 2.05) is 188 Å². The summed E-state index contributed by atoms with van der Waals surface area (Å²) in [6.45, 7) is 0. The van der Waals surface area contributed by atoms with Crippen LogP contribution < -0.4 is 40.2 Å². The van der Waals surface area contributed by atoms with Crippen molar-refractivity contribution in [3.8, 4) is 112 Å². The van der Waals surface area contributed by atoms with E-state index in [1.165, 1.54) is 25.3 Å². The number of ether oxygens (including phenoxy) is 4. The molecular formula is C88H69N21O6S. The van der Waals surface area contributed by atoms with Crippen molar-refractivity contribution in [2.45, 2.75) is 0 Å². The summed E-state index contributed by atoms with van der Waals surface area (Å²) in [6, 6.07) is 78.4. The van der Waals surface area contributed by atoms with E-state index in [1.54, 1.807) is 58.6 Å². The number of methoxy groups -OCH3 is 4. The zero-order chi connectivity index (χ0) is 78.5. The largest absolute Gasteiger partial charge is 0.495 e. The van der Waals surface area contributed by atoms with Crippen LogP contribution >= 0.6 is 11.3 Å². The van der Waals surface area contributed by atoms with Crippen LogP contribution in [0.2, 0.25) is 0 Å². The number of H-pyrrole nitrogens is 5. The van der Waals surface area contributed by atoms with Gasteiger partial charge in [-0.25, -0.2) is 39.9 Å². The predicted molar refractivity (Wildman–Crippen MR) is 452 cm³/mol. The first-order valence-electron chi connectivity index (χ1n) is 36.4. The van der Waals surface area contributed by atoms with Gasteiger partial charge in [0.05, 0.1) is 119 Å². The molecule has 0 unspecified atom stereocenters. The summed E-state index contributed by atoms with van der Waals surface area (Å²) in [5.74, 6) is 6.10. The van der Waals surface area contributed by atoms with Gasteiger partial charge in [0.25, 0.3) is 0 Å². The van der Waals surface area contributed by atoms with Crippen LogP contribution in [0, 0.1) is 0 Å². The molecule has 0 spiro atoms. The van der Waals surface area contributed by atoms with Crippen molar-refractivity contribution in [2.24, 2.45) is 0 Å². The third-order valence-corrected chi connectivity index (χ3v) is 19.7. The van der Waals surface area contributed by atoms with E-state index < -0.39 is 0 Å². The molecule has 116 heavy (non-hydrogen) atoms. The maximum atomic E-state index is 5.58. The Kier molecular flexibility index (Phi) is 21.1. The normalized spacial score (nSPS) is 10.9. The van der Waals surface area contributed by atoms with E-state index in [9.17, 15) is 0 Å². The molecule has 12 heterocycles. The minimum atomic E-state index is 0.548. The van der Waals surface area contributed by atoms with Crippen molar-refractivity contribution < 1.29 is 27.8 Å². The number of aromatic nitrogens is 17. The quantitative estimate of drug-likeness (QED) is 0.0342. The number of anilines is 8. The second-order valence-corrected chi connectivity index (χ2v) is 26.7. The fourth-order valence-electron chi connectivity index (χ4n) is 13.3. The lowest BCUT2D eigenvalue weighted by molar-refractivity contribution is 0.417. The molecule has 0 aliphatic rings. The molecule has 20 rings (SSSR count). The Labute approximate surface area is 665 Å². The van der Waals surface area contributed by atoms with Crippen LogP contribution in [0.1, 0.15) is 0 Å². The average Bonchev–Trinajstić information content (AvgIpc) is 1.65. The van der Waals surface area contributed by atoms with Gasteiger partial charge >= 0.3 is 0 Å². The second-order valence-electron chi connectivity index (χ2n) is 25.8. The van der Waals surface area contributed by atoms with Gasteiger partial charge < -0.3 is 54.0 Å². The van der Waals surface area contributed by atoms with Gasteiger partial charge in [-0.1, -0.05) is 152 Å². The number of aromatic amines is 5. The monoisotopic (exact) mass is 1550 g/mol. The summed E-state index contributed by atoms with van der Waals surface area (Å²) >= 11 is 1.64. The molecule has 0 saturated carbocycles. The van der Waals surface area contributed by atoms with Crippen molar-refractivity contribution in [2.75, 3.05) is 49.7 Å². The van der Waals surface area contributed by atoms with Crippen LogP contribution in [0.5, 0.6) is 23.0 Å². The van der Waals surface area contributed by atoms with Gasteiger partial charge in [0.15, 0.2) is 28.3 Å². The van der Waals surface area contributed by atoms with Crippen LogP contribution in [0.3, 0.4) is 0 Å². The Morgan fingerprint density at radius 2 is 0.698 bits per heavy atom. The number of thiophene rings is 1. The highest BCUT2D eigenvalue weighted by atomic mass is 32.1. The molecule has 28 heteroatoms. The third kappa shape index (κ3) is 15.5. The van der Waals surface area contributed by atoms with Crippen molar-refractivity contribution in [3.63, 3.8) is 0 Å². The lowest BCUT2D eigenvalue weighted by atomic mass is 10.0. The summed E-state index contributed by atoms with van der Waals surface area (Å²) in [6.07, 6.45) is 12.7. The summed E-state index contributed by atoms with van der Waals surface area (Å²) in [7, 11) is 6.60. The predicted octanol–water partition coefficient (Wildman–Crippen LogP) is 20.3. The minimum Gasteiger partial charge on any atom is -0.495 e. The van der Waals surface area contributed by atoms with Crippen LogP contribution in [0.15, 0.2) is 301 Å². The number of hydrogen-bond acceptors (Lipinski definition) is 23. The van der Waals surface area contributed by atoms with Crippen LogP contribution in [0.4, 0.5) is 46.0 Å². The fourth-order valence-corrected chi connectivity index (χ4v) is 14.0. The molecule has 0 saturated heterocycles. The molecular weight excluding hydrogens is 1480 g/mol. The van der Waals surface area contributed by atoms with Gasteiger partial charge in [0.1, 0.15) is 77.3 Å². The number of nitrogens with one attached hydrogen (secondary N) is 9. The van der Waals surface area contributed by atoms with Crippen molar-refractivity contribution in [1.29, 1.82) is 0 Å². The summed E-state index contributed by atoms with van der Waals surface area (Å²) < 4.78 is 33.0. The van der Waals surface area contributed by atoms with Crippen molar-refractivity contribution >= 4 is 101 Å². The Morgan fingerprint density at radius 3 is 1.05 bits per heavy atom. The molecule has 568 valence electrons. The molecule has 0 amide bonds. The first-order valence-corrected chi connectivity index (χ1v) is 37.2. The van der Waals surface area contributed by atoms with E-state index in [0.717, 1.165) is 134 Å².